The van der Waals surface area contributed by atoms with E-state index in [4.69, 9.17) is 4.74 Å². The van der Waals surface area contributed by atoms with Gasteiger partial charge >= 0.3 is 0 Å². The maximum Gasteiger partial charge on any atom is 0.141 e. The maximum atomic E-state index is 5.63. The number of rotatable bonds is 2. The van der Waals surface area contributed by atoms with Gasteiger partial charge in [0.2, 0.25) is 0 Å². The monoisotopic (exact) mass is 247 g/mol. The van der Waals surface area contributed by atoms with Crippen molar-refractivity contribution in [1.29, 1.82) is 0 Å². The Kier molecular flexibility index (Phi) is 2.84. The van der Waals surface area contributed by atoms with Crippen molar-refractivity contribution in [3.05, 3.63) is 59.1 Å². The van der Waals surface area contributed by atoms with E-state index in [1.807, 2.05) is 42.5 Å². The van der Waals surface area contributed by atoms with Gasteiger partial charge in [0.25, 0.3) is 0 Å². The highest BCUT2D eigenvalue weighted by molar-refractivity contribution is 9.10. The average molecular weight is 248 g/mol. The molecule has 0 saturated carbocycles. The Morgan fingerprint density at radius 3 is 2.64 bits per heavy atom. The summed E-state index contributed by atoms with van der Waals surface area (Å²) in [7, 11) is 0. The van der Waals surface area contributed by atoms with E-state index in [1.165, 1.54) is 0 Å². The molecule has 0 spiro atoms. The predicted octanol–water partition coefficient (Wildman–Crippen LogP) is 4.04. The lowest BCUT2D eigenvalue weighted by atomic mass is 10.3. The quantitative estimate of drug-likeness (QED) is 0.779. The van der Waals surface area contributed by atoms with E-state index in [2.05, 4.69) is 22.0 Å². The topological polar surface area (TPSA) is 9.23 Å². The normalized spacial score (nSPS) is 9.79. The van der Waals surface area contributed by atoms with Crippen molar-refractivity contribution in [2.45, 2.75) is 0 Å². The molecule has 1 radical (unpaired) electrons. The van der Waals surface area contributed by atoms with Crippen LogP contribution >= 0.6 is 15.9 Å². The van der Waals surface area contributed by atoms with Gasteiger partial charge in [-0.05, 0) is 46.3 Å². The third-order valence-corrected chi connectivity index (χ3v) is 2.40. The van der Waals surface area contributed by atoms with Crippen LogP contribution in [0.4, 0.5) is 0 Å². The first-order valence-electron chi connectivity index (χ1n) is 4.25. The van der Waals surface area contributed by atoms with E-state index < -0.39 is 0 Å². The molecule has 1 nitrogen and oxygen atoms in total. The Hall–Kier alpha value is -1.28. The van der Waals surface area contributed by atoms with Gasteiger partial charge in [0.1, 0.15) is 11.5 Å². The van der Waals surface area contributed by atoms with Crippen LogP contribution in [0.25, 0.3) is 0 Å². The minimum atomic E-state index is 0.791. The third-order valence-electron chi connectivity index (χ3n) is 1.74. The molecule has 0 aliphatic rings. The maximum absolute atomic E-state index is 5.63. The molecule has 2 rings (SSSR count). The van der Waals surface area contributed by atoms with Crippen molar-refractivity contribution >= 4 is 15.9 Å². The predicted molar refractivity (Wildman–Crippen MR) is 59.5 cm³/mol. The van der Waals surface area contributed by atoms with Gasteiger partial charge in [0.05, 0.1) is 4.47 Å². The highest BCUT2D eigenvalue weighted by Crippen LogP contribution is 2.28. The number of para-hydroxylation sites is 1. The molecule has 0 heterocycles. The van der Waals surface area contributed by atoms with E-state index >= 15 is 0 Å². The molecule has 0 aliphatic carbocycles. The molecule has 69 valence electrons. The molecule has 0 saturated heterocycles. The van der Waals surface area contributed by atoms with Crippen LogP contribution in [-0.4, -0.2) is 0 Å². The summed E-state index contributed by atoms with van der Waals surface area (Å²) in [6.07, 6.45) is 0. The number of ether oxygens (including phenoxy) is 1. The number of benzene rings is 2. The molecule has 0 amide bonds. The van der Waals surface area contributed by atoms with Crippen LogP contribution in [-0.2, 0) is 0 Å². The van der Waals surface area contributed by atoms with Crippen molar-refractivity contribution in [3.8, 4) is 11.5 Å². The third kappa shape index (κ3) is 2.15. The Labute approximate surface area is 91.5 Å². The van der Waals surface area contributed by atoms with Gasteiger partial charge < -0.3 is 4.74 Å². The van der Waals surface area contributed by atoms with Crippen molar-refractivity contribution < 1.29 is 4.74 Å². The summed E-state index contributed by atoms with van der Waals surface area (Å²) in [5, 5.41) is 0. The van der Waals surface area contributed by atoms with E-state index in [0.717, 1.165) is 16.0 Å². The zero-order valence-corrected chi connectivity index (χ0v) is 8.99. The van der Waals surface area contributed by atoms with Gasteiger partial charge in [0.15, 0.2) is 0 Å². The summed E-state index contributed by atoms with van der Waals surface area (Å²) in [4.78, 5) is 0. The SMILES string of the molecule is Brc1ccccc1Oc1c[c]ccc1. The summed E-state index contributed by atoms with van der Waals surface area (Å²) in [5.41, 5.74) is 0. The number of halogens is 1. The highest BCUT2D eigenvalue weighted by atomic mass is 79.9. The zero-order chi connectivity index (χ0) is 9.80. The summed E-state index contributed by atoms with van der Waals surface area (Å²) in [5.74, 6) is 1.60. The summed E-state index contributed by atoms with van der Waals surface area (Å²) < 4.78 is 6.58. The molecule has 0 aliphatic heterocycles. The van der Waals surface area contributed by atoms with Crippen molar-refractivity contribution in [1.82, 2.24) is 0 Å². The molecule has 0 fully saturated rings. The molecule has 0 bridgehead atoms. The molecule has 0 atom stereocenters. The first kappa shape index (κ1) is 9.28. The van der Waals surface area contributed by atoms with Crippen LogP contribution in [0, 0.1) is 6.07 Å². The Morgan fingerprint density at radius 1 is 1.07 bits per heavy atom. The molecule has 14 heavy (non-hydrogen) atoms. The zero-order valence-electron chi connectivity index (χ0n) is 7.41. The van der Waals surface area contributed by atoms with Crippen LogP contribution in [0.15, 0.2) is 53.0 Å². The largest absolute Gasteiger partial charge is 0.456 e. The molecule has 2 aromatic rings. The molecule has 0 aromatic heterocycles. The van der Waals surface area contributed by atoms with E-state index in [0.29, 0.717) is 0 Å². The van der Waals surface area contributed by atoms with Gasteiger partial charge in [0, 0.05) is 0 Å². The standard InChI is InChI=1S/C12H8BrO/c13-11-8-4-5-9-12(11)14-10-6-2-1-3-7-10/h1-2,4-9H. The van der Waals surface area contributed by atoms with Crippen molar-refractivity contribution in [3.63, 3.8) is 0 Å². The Bertz CT molecular complexity index is 412. The average Bonchev–Trinajstić information content (AvgIpc) is 2.23. The van der Waals surface area contributed by atoms with Crippen LogP contribution in [0.2, 0.25) is 0 Å². The molecule has 2 heteroatoms. The second-order valence-electron chi connectivity index (χ2n) is 2.77. The van der Waals surface area contributed by atoms with E-state index in [-0.39, 0.29) is 0 Å². The van der Waals surface area contributed by atoms with Crippen LogP contribution in [0.1, 0.15) is 0 Å². The second kappa shape index (κ2) is 4.29. The van der Waals surface area contributed by atoms with Crippen LogP contribution in [0.5, 0.6) is 11.5 Å². The highest BCUT2D eigenvalue weighted by Gasteiger charge is 1.99. The molecular formula is C12H8BrO. The van der Waals surface area contributed by atoms with Crippen molar-refractivity contribution in [2.24, 2.45) is 0 Å². The minimum Gasteiger partial charge on any atom is -0.456 e. The van der Waals surface area contributed by atoms with Crippen molar-refractivity contribution in [2.75, 3.05) is 0 Å². The lowest BCUT2D eigenvalue weighted by Crippen LogP contribution is -1.83. The number of hydrogen-bond donors (Lipinski definition) is 0. The van der Waals surface area contributed by atoms with E-state index in [1.54, 1.807) is 6.07 Å². The first-order valence-corrected chi connectivity index (χ1v) is 5.04. The lowest BCUT2D eigenvalue weighted by Gasteiger charge is -2.06. The van der Waals surface area contributed by atoms with Crippen LogP contribution in [0.3, 0.4) is 0 Å². The summed E-state index contributed by atoms with van der Waals surface area (Å²) in [6.45, 7) is 0. The smallest absolute Gasteiger partial charge is 0.141 e. The van der Waals surface area contributed by atoms with Gasteiger partial charge in [-0.2, -0.15) is 0 Å². The van der Waals surface area contributed by atoms with Crippen LogP contribution < -0.4 is 4.74 Å². The fourth-order valence-corrected chi connectivity index (χ4v) is 1.46. The van der Waals surface area contributed by atoms with Gasteiger partial charge in [-0.15, -0.1) is 0 Å². The van der Waals surface area contributed by atoms with E-state index in [9.17, 15) is 0 Å². The first-order chi connectivity index (χ1) is 6.86. The van der Waals surface area contributed by atoms with Gasteiger partial charge in [-0.1, -0.05) is 24.3 Å². The molecule has 0 unspecified atom stereocenters. The second-order valence-corrected chi connectivity index (χ2v) is 3.63. The Morgan fingerprint density at radius 2 is 1.93 bits per heavy atom. The van der Waals surface area contributed by atoms with Gasteiger partial charge in [-0.25, -0.2) is 0 Å². The minimum absolute atomic E-state index is 0.791. The Balaban J connectivity index is 2.24. The lowest BCUT2D eigenvalue weighted by molar-refractivity contribution is 0.479. The summed E-state index contributed by atoms with van der Waals surface area (Å²) in [6, 6.07) is 18.1. The van der Waals surface area contributed by atoms with Gasteiger partial charge in [-0.3, -0.25) is 0 Å². The summed E-state index contributed by atoms with van der Waals surface area (Å²) >= 11 is 3.42. The number of hydrogen-bond acceptors (Lipinski definition) is 1. The molecule has 0 N–H and O–H groups in total. The fraction of sp³-hybridized carbons (Fsp3) is 0. The molecular weight excluding hydrogens is 240 g/mol. The molecule has 2 aromatic carbocycles. The fourth-order valence-electron chi connectivity index (χ4n) is 1.09.